The second kappa shape index (κ2) is 6.67. The van der Waals surface area contributed by atoms with Crippen LogP contribution in [-0.2, 0) is 14.4 Å². The highest BCUT2D eigenvalue weighted by Crippen LogP contribution is 2.38. The molecular formula is C16H27N3O3. The molecule has 1 aliphatic heterocycles. The Morgan fingerprint density at radius 1 is 1.23 bits per heavy atom. The van der Waals surface area contributed by atoms with Gasteiger partial charge in [-0.25, -0.2) is 0 Å². The molecule has 1 aliphatic carbocycles. The van der Waals surface area contributed by atoms with Crippen molar-refractivity contribution < 1.29 is 14.4 Å². The minimum Gasteiger partial charge on any atom is -0.350 e. The van der Waals surface area contributed by atoms with E-state index in [1.165, 1.54) is 19.3 Å². The van der Waals surface area contributed by atoms with Crippen LogP contribution in [0.3, 0.4) is 0 Å². The van der Waals surface area contributed by atoms with Gasteiger partial charge in [-0.3, -0.25) is 14.4 Å². The summed E-state index contributed by atoms with van der Waals surface area (Å²) in [5.74, 6) is 0.940. The lowest BCUT2D eigenvalue weighted by molar-refractivity contribution is -0.138. The smallest absolute Gasteiger partial charge is 0.245 e. The van der Waals surface area contributed by atoms with E-state index in [1.807, 2.05) is 25.7 Å². The van der Waals surface area contributed by atoms with Gasteiger partial charge in [-0.1, -0.05) is 27.2 Å². The number of carbonyl (C=O) groups excluding carboxylic acids is 3. The molecule has 6 heteroatoms. The van der Waals surface area contributed by atoms with Gasteiger partial charge in [0.2, 0.25) is 18.2 Å². The van der Waals surface area contributed by atoms with E-state index in [1.54, 1.807) is 0 Å². The van der Waals surface area contributed by atoms with Crippen LogP contribution >= 0.6 is 0 Å². The Balaban J connectivity index is 2.01. The Labute approximate surface area is 132 Å². The molecule has 0 aromatic rings. The normalized spacial score (nSPS) is 25.5. The lowest BCUT2D eigenvalue weighted by Crippen LogP contribution is -2.55. The summed E-state index contributed by atoms with van der Waals surface area (Å²) in [6.07, 6.45) is 4.18. The number of hydrogen-bond acceptors (Lipinski definition) is 3. The van der Waals surface area contributed by atoms with Crippen molar-refractivity contribution in [3.05, 3.63) is 0 Å². The van der Waals surface area contributed by atoms with E-state index in [4.69, 9.17) is 0 Å². The Kier molecular flexibility index (Phi) is 5.08. The van der Waals surface area contributed by atoms with Crippen molar-refractivity contribution in [2.45, 2.75) is 46.1 Å². The summed E-state index contributed by atoms with van der Waals surface area (Å²) in [6.45, 7) is 7.37. The van der Waals surface area contributed by atoms with Gasteiger partial charge in [0.15, 0.2) is 0 Å². The molecule has 0 aromatic heterocycles. The second-order valence-electron chi connectivity index (χ2n) is 7.56. The Hall–Kier alpha value is -1.59. The first-order valence-electron chi connectivity index (χ1n) is 8.08. The van der Waals surface area contributed by atoms with Crippen LogP contribution < -0.4 is 10.6 Å². The standard InChI is InChI=1S/C16H27N3O3/c1-16(2,3)14(18-13(21)7-17-10-20)15(22)19-8-11-5-4-6-12(11)9-19/h10-12,14H,4-9H2,1-3H3,(H,17,20)(H,18,21). The van der Waals surface area contributed by atoms with Gasteiger partial charge < -0.3 is 15.5 Å². The van der Waals surface area contributed by atoms with Crippen LogP contribution in [0.15, 0.2) is 0 Å². The van der Waals surface area contributed by atoms with Crippen molar-refractivity contribution in [1.29, 1.82) is 0 Å². The zero-order chi connectivity index (χ0) is 16.3. The highest BCUT2D eigenvalue weighted by Gasteiger charge is 2.42. The molecular weight excluding hydrogens is 282 g/mol. The predicted molar refractivity (Wildman–Crippen MR) is 82.9 cm³/mol. The molecule has 124 valence electrons. The van der Waals surface area contributed by atoms with Crippen LogP contribution in [0.1, 0.15) is 40.0 Å². The van der Waals surface area contributed by atoms with Crippen molar-refractivity contribution >= 4 is 18.2 Å². The first kappa shape index (κ1) is 16.8. The van der Waals surface area contributed by atoms with Crippen molar-refractivity contribution in [1.82, 2.24) is 15.5 Å². The summed E-state index contributed by atoms with van der Waals surface area (Å²) < 4.78 is 0. The number of fused-ring (bicyclic) bond motifs is 1. The predicted octanol–water partition coefficient (Wildman–Crippen LogP) is 0.522. The molecule has 1 saturated carbocycles. The number of hydrogen-bond donors (Lipinski definition) is 2. The molecule has 3 amide bonds. The SMILES string of the molecule is CC(C)(C)C(NC(=O)CNC=O)C(=O)N1CC2CCCC2C1. The third-order valence-electron chi connectivity index (χ3n) is 4.80. The number of amides is 3. The first-order valence-corrected chi connectivity index (χ1v) is 8.08. The van der Waals surface area contributed by atoms with E-state index < -0.39 is 6.04 Å². The number of rotatable bonds is 5. The zero-order valence-electron chi connectivity index (χ0n) is 13.7. The lowest BCUT2D eigenvalue weighted by atomic mass is 9.85. The Morgan fingerprint density at radius 2 is 1.82 bits per heavy atom. The molecule has 6 nitrogen and oxygen atoms in total. The first-order chi connectivity index (χ1) is 10.3. The van der Waals surface area contributed by atoms with Gasteiger partial charge in [0.25, 0.3) is 0 Å². The molecule has 2 N–H and O–H groups in total. The third-order valence-corrected chi connectivity index (χ3v) is 4.80. The highest BCUT2D eigenvalue weighted by atomic mass is 16.2. The second-order valence-corrected chi connectivity index (χ2v) is 7.56. The number of nitrogens with zero attached hydrogens (tertiary/aromatic N) is 1. The molecule has 1 saturated heterocycles. The molecule has 2 aliphatic rings. The third kappa shape index (κ3) is 3.78. The summed E-state index contributed by atoms with van der Waals surface area (Å²) in [5.41, 5.74) is -0.369. The average Bonchev–Trinajstić information content (AvgIpc) is 3.01. The van der Waals surface area contributed by atoms with Crippen LogP contribution in [0.25, 0.3) is 0 Å². The fourth-order valence-corrected chi connectivity index (χ4v) is 3.59. The van der Waals surface area contributed by atoms with Crippen molar-refractivity contribution in [3.63, 3.8) is 0 Å². The van der Waals surface area contributed by atoms with Crippen LogP contribution in [-0.4, -0.2) is 48.8 Å². The van der Waals surface area contributed by atoms with E-state index in [-0.39, 0.29) is 23.8 Å². The molecule has 0 spiro atoms. The summed E-state index contributed by atoms with van der Waals surface area (Å²) in [6, 6.07) is -0.563. The molecule has 1 heterocycles. The topological polar surface area (TPSA) is 78.5 Å². The lowest BCUT2D eigenvalue weighted by Gasteiger charge is -2.33. The quantitative estimate of drug-likeness (QED) is 0.727. The number of likely N-dealkylation sites (tertiary alicyclic amines) is 1. The minimum atomic E-state index is -0.563. The van der Waals surface area contributed by atoms with Crippen LogP contribution in [0, 0.1) is 17.3 Å². The van der Waals surface area contributed by atoms with E-state index in [0.29, 0.717) is 18.2 Å². The molecule has 3 atom stereocenters. The van der Waals surface area contributed by atoms with Gasteiger partial charge in [0.1, 0.15) is 6.04 Å². The van der Waals surface area contributed by atoms with Crippen LogP contribution in [0.2, 0.25) is 0 Å². The number of carbonyl (C=O) groups is 3. The van der Waals surface area contributed by atoms with E-state index in [9.17, 15) is 14.4 Å². The molecule has 0 bridgehead atoms. The van der Waals surface area contributed by atoms with Gasteiger partial charge in [0, 0.05) is 13.1 Å². The number of nitrogens with one attached hydrogen (secondary N) is 2. The van der Waals surface area contributed by atoms with Crippen LogP contribution in [0.4, 0.5) is 0 Å². The molecule has 3 unspecified atom stereocenters. The summed E-state index contributed by atoms with van der Waals surface area (Å²) >= 11 is 0. The van der Waals surface area contributed by atoms with E-state index >= 15 is 0 Å². The highest BCUT2D eigenvalue weighted by molar-refractivity contribution is 5.89. The van der Waals surface area contributed by atoms with E-state index in [2.05, 4.69) is 10.6 Å². The van der Waals surface area contributed by atoms with Crippen molar-refractivity contribution in [2.24, 2.45) is 17.3 Å². The largest absolute Gasteiger partial charge is 0.350 e. The monoisotopic (exact) mass is 309 g/mol. The molecule has 0 radical (unpaired) electrons. The fraction of sp³-hybridized carbons (Fsp3) is 0.812. The summed E-state index contributed by atoms with van der Waals surface area (Å²) in [4.78, 5) is 36.9. The van der Waals surface area contributed by atoms with Crippen molar-refractivity contribution in [2.75, 3.05) is 19.6 Å². The molecule has 22 heavy (non-hydrogen) atoms. The van der Waals surface area contributed by atoms with Crippen LogP contribution in [0.5, 0.6) is 0 Å². The fourth-order valence-electron chi connectivity index (χ4n) is 3.59. The average molecular weight is 309 g/mol. The van der Waals surface area contributed by atoms with Gasteiger partial charge >= 0.3 is 0 Å². The maximum atomic E-state index is 12.9. The maximum absolute atomic E-state index is 12.9. The van der Waals surface area contributed by atoms with E-state index in [0.717, 1.165) is 13.1 Å². The zero-order valence-corrected chi connectivity index (χ0v) is 13.7. The van der Waals surface area contributed by atoms with Gasteiger partial charge in [0.05, 0.1) is 6.54 Å². The Morgan fingerprint density at radius 3 is 2.32 bits per heavy atom. The van der Waals surface area contributed by atoms with Gasteiger partial charge in [-0.2, -0.15) is 0 Å². The van der Waals surface area contributed by atoms with Crippen molar-refractivity contribution in [3.8, 4) is 0 Å². The maximum Gasteiger partial charge on any atom is 0.245 e. The van der Waals surface area contributed by atoms with Gasteiger partial charge in [-0.05, 0) is 30.1 Å². The summed E-state index contributed by atoms with van der Waals surface area (Å²) in [5, 5.41) is 5.11. The van der Waals surface area contributed by atoms with Gasteiger partial charge in [-0.15, -0.1) is 0 Å². The Bertz CT molecular complexity index is 432. The molecule has 2 fully saturated rings. The molecule has 0 aromatic carbocycles. The summed E-state index contributed by atoms with van der Waals surface area (Å²) in [7, 11) is 0. The minimum absolute atomic E-state index is 0.00125. The molecule has 2 rings (SSSR count).